The number of esters is 1. The third kappa shape index (κ3) is 3.10. The Morgan fingerprint density at radius 3 is 2.88 bits per heavy atom. The van der Waals surface area contributed by atoms with Gasteiger partial charge in [0.2, 0.25) is 0 Å². The van der Waals surface area contributed by atoms with E-state index in [1.807, 2.05) is 28.7 Å². The number of carbonyl (C=O) groups excluding carboxylic acids is 1. The molecule has 1 N–H and O–H groups in total. The molecule has 0 spiro atoms. The highest BCUT2D eigenvalue weighted by atomic mass is 127. The maximum absolute atomic E-state index is 11.3. The number of benzene rings is 1. The lowest BCUT2D eigenvalue weighted by atomic mass is 10.1. The number of ether oxygens (including phenoxy) is 1. The van der Waals surface area contributed by atoms with Gasteiger partial charge in [-0.05, 0) is 47.2 Å². The van der Waals surface area contributed by atoms with Crippen LogP contribution in [0.3, 0.4) is 0 Å². The van der Waals surface area contributed by atoms with Crippen LogP contribution in [0, 0.1) is 14.9 Å². The molecule has 1 aromatic carbocycles. The topological polar surface area (TPSA) is 70.3 Å². The maximum atomic E-state index is 11.3. The van der Waals surface area contributed by atoms with E-state index < -0.39 is 0 Å². The molecule has 84 valence electrons. The number of rotatable bonds is 3. The Kier molecular flexibility index (Phi) is 4.55. The summed E-state index contributed by atoms with van der Waals surface area (Å²) in [5.41, 5.74) is 0.938. The Hall–Kier alpha value is -1.29. The molecule has 1 rings (SSSR count). The van der Waals surface area contributed by atoms with Crippen LogP contribution >= 0.6 is 22.6 Å². The molecule has 0 heterocycles. The first-order chi connectivity index (χ1) is 7.58. The van der Waals surface area contributed by atoms with Crippen LogP contribution in [0.15, 0.2) is 12.1 Å². The van der Waals surface area contributed by atoms with Gasteiger partial charge in [0.05, 0.1) is 28.2 Å². The Labute approximate surface area is 107 Å². The zero-order chi connectivity index (χ0) is 12.1. The SMILES string of the molecule is CCOC(=O)Cc1cc(C#N)cc(O)c1I. The van der Waals surface area contributed by atoms with E-state index in [1.54, 1.807) is 13.0 Å². The van der Waals surface area contributed by atoms with E-state index in [1.165, 1.54) is 6.07 Å². The number of nitriles is 1. The van der Waals surface area contributed by atoms with E-state index in [9.17, 15) is 9.90 Å². The van der Waals surface area contributed by atoms with Gasteiger partial charge in [0.1, 0.15) is 5.75 Å². The van der Waals surface area contributed by atoms with Gasteiger partial charge in [0.25, 0.3) is 0 Å². The van der Waals surface area contributed by atoms with Crippen LogP contribution in [0.4, 0.5) is 0 Å². The molecule has 0 amide bonds. The number of hydrogen-bond donors (Lipinski definition) is 1. The summed E-state index contributed by atoms with van der Waals surface area (Å²) >= 11 is 1.93. The summed E-state index contributed by atoms with van der Waals surface area (Å²) in [4.78, 5) is 11.3. The molecule has 1 aromatic rings. The van der Waals surface area contributed by atoms with Gasteiger partial charge in [-0.25, -0.2) is 0 Å². The quantitative estimate of drug-likeness (QED) is 0.679. The third-order valence-corrected chi connectivity index (χ3v) is 3.14. The van der Waals surface area contributed by atoms with Gasteiger partial charge in [-0.1, -0.05) is 0 Å². The van der Waals surface area contributed by atoms with Crippen molar-refractivity contribution in [3.63, 3.8) is 0 Å². The zero-order valence-electron chi connectivity index (χ0n) is 8.66. The van der Waals surface area contributed by atoms with Crippen molar-refractivity contribution in [3.05, 3.63) is 26.8 Å². The Bertz CT molecular complexity index is 451. The van der Waals surface area contributed by atoms with Crippen molar-refractivity contribution >= 4 is 28.6 Å². The van der Waals surface area contributed by atoms with E-state index in [0.29, 0.717) is 21.3 Å². The normalized spacial score (nSPS) is 9.56. The highest BCUT2D eigenvalue weighted by Crippen LogP contribution is 2.25. The van der Waals surface area contributed by atoms with Crippen LogP contribution in [0.5, 0.6) is 5.75 Å². The minimum absolute atomic E-state index is 0.0129. The summed E-state index contributed by atoms with van der Waals surface area (Å²) in [7, 11) is 0. The fourth-order valence-corrected chi connectivity index (χ4v) is 1.73. The molecule has 0 aliphatic heterocycles. The summed E-state index contributed by atoms with van der Waals surface area (Å²) < 4.78 is 5.38. The van der Waals surface area contributed by atoms with Crippen LogP contribution in [0.25, 0.3) is 0 Å². The molecular formula is C11H10INO3. The molecule has 0 atom stereocenters. The fraction of sp³-hybridized carbons (Fsp3) is 0.273. The summed E-state index contributed by atoms with van der Waals surface area (Å²) in [5.74, 6) is -0.353. The Morgan fingerprint density at radius 2 is 2.31 bits per heavy atom. The van der Waals surface area contributed by atoms with Gasteiger partial charge < -0.3 is 9.84 Å². The second-order valence-corrected chi connectivity index (χ2v) is 4.14. The predicted molar refractivity (Wildman–Crippen MR) is 65.9 cm³/mol. The molecule has 0 radical (unpaired) electrons. The molecule has 0 saturated carbocycles. The molecule has 0 aliphatic carbocycles. The second kappa shape index (κ2) is 5.70. The molecule has 5 heteroatoms. The number of carbonyl (C=O) groups is 1. The van der Waals surface area contributed by atoms with Crippen molar-refractivity contribution in [2.24, 2.45) is 0 Å². The van der Waals surface area contributed by atoms with Crippen molar-refractivity contribution in [3.8, 4) is 11.8 Å². The Balaban J connectivity index is 3.00. The maximum Gasteiger partial charge on any atom is 0.310 e. The largest absolute Gasteiger partial charge is 0.507 e. The minimum Gasteiger partial charge on any atom is -0.507 e. The highest BCUT2D eigenvalue weighted by molar-refractivity contribution is 14.1. The smallest absolute Gasteiger partial charge is 0.310 e. The van der Waals surface area contributed by atoms with Gasteiger partial charge in [0.15, 0.2) is 0 Å². The van der Waals surface area contributed by atoms with Gasteiger partial charge in [-0.2, -0.15) is 5.26 Å². The van der Waals surface area contributed by atoms with E-state index in [2.05, 4.69) is 0 Å². The van der Waals surface area contributed by atoms with Crippen molar-refractivity contribution in [2.75, 3.05) is 6.61 Å². The number of halogens is 1. The van der Waals surface area contributed by atoms with Crippen LogP contribution in [0.2, 0.25) is 0 Å². The zero-order valence-corrected chi connectivity index (χ0v) is 10.8. The van der Waals surface area contributed by atoms with Gasteiger partial charge in [0, 0.05) is 0 Å². The second-order valence-electron chi connectivity index (χ2n) is 3.06. The van der Waals surface area contributed by atoms with Crippen molar-refractivity contribution < 1.29 is 14.6 Å². The summed E-state index contributed by atoms with van der Waals surface area (Å²) in [5, 5.41) is 18.3. The predicted octanol–water partition coefficient (Wildman–Crippen LogP) is 1.97. The lowest BCUT2D eigenvalue weighted by molar-refractivity contribution is -0.142. The average molecular weight is 331 g/mol. The van der Waals surface area contributed by atoms with E-state index in [-0.39, 0.29) is 18.1 Å². The summed E-state index contributed by atoms with van der Waals surface area (Å²) in [6.45, 7) is 2.05. The lowest BCUT2D eigenvalue weighted by Gasteiger charge is -2.06. The standard InChI is InChI=1S/C11H10INO3/c1-2-16-10(15)5-8-3-7(6-13)4-9(14)11(8)12/h3-4,14H,2,5H2,1H3. The van der Waals surface area contributed by atoms with E-state index in [4.69, 9.17) is 10.00 Å². The number of phenolic OH excluding ortho intramolecular Hbond substituents is 1. The van der Waals surface area contributed by atoms with Gasteiger partial charge in [-0.15, -0.1) is 0 Å². The number of phenols is 1. The van der Waals surface area contributed by atoms with Crippen molar-refractivity contribution in [1.29, 1.82) is 5.26 Å². The number of hydrogen-bond acceptors (Lipinski definition) is 4. The molecular weight excluding hydrogens is 321 g/mol. The summed E-state index contributed by atoms with van der Waals surface area (Å²) in [6.07, 6.45) is 0.0647. The molecule has 0 fully saturated rings. The molecule has 0 saturated heterocycles. The summed E-state index contributed by atoms with van der Waals surface area (Å²) in [6, 6.07) is 4.88. The first-order valence-corrected chi connectivity index (χ1v) is 5.73. The van der Waals surface area contributed by atoms with Gasteiger partial charge >= 0.3 is 5.97 Å². The molecule has 4 nitrogen and oxygen atoms in total. The molecule has 0 aliphatic rings. The third-order valence-electron chi connectivity index (χ3n) is 1.90. The van der Waals surface area contributed by atoms with E-state index >= 15 is 0 Å². The molecule has 0 aromatic heterocycles. The molecule has 0 unspecified atom stereocenters. The molecule has 16 heavy (non-hydrogen) atoms. The average Bonchev–Trinajstić information content (AvgIpc) is 2.24. The fourth-order valence-electron chi connectivity index (χ4n) is 1.23. The first-order valence-electron chi connectivity index (χ1n) is 4.65. The van der Waals surface area contributed by atoms with Crippen LogP contribution < -0.4 is 0 Å². The minimum atomic E-state index is -0.366. The highest BCUT2D eigenvalue weighted by Gasteiger charge is 2.12. The van der Waals surface area contributed by atoms with Crippen LogP contribution in [0.1, 0.15) is 18.1 Å². The first kappa shape index (κ1) is 12.8. The van der Waals surface area contributed by atoms with E-state index in [0.717, 1.165) is 0 Å². The van der Waals surface area contributed by atoms with Crippen molar-refractivity contribution in [1.82, 2.24) is 0 Å². The monoisotopic (exact) mass is 331 g/mol. The van der Waals surface area contributed by atoms with Crippen molar-refractivity contribution in [2.45, 2.75) is 13.3 Å². The van der Waals surface area contributed by atoms with Crippen LogP contribution in [-0.4, -0.2) is 17.7 Å². The Morgan fingerprint density at radius 1 is 1.62 bits per heavy atom. The lowest BCUT2D eigenvalue weighted by Crippen LogP contribution is -2.08. The number of aromatic hydroxyl groups is 1. The molecule has 0 bridgehead atoms. The number of nitrogens with zero attached hydrogens (tertiary/aromatic N) is 1. The van der Waals surface area contributed by atoms with Crippen LogP contribution in [-0.2, 0) is 16.0 Å². The van der Waals surface area contributed by atoms with Gasteiger partial charge in [-0.3, -0.25) is 4.79 Å².